The van der Waals surface area contributed by atoms with Crippen molar-refractivity contribution in [1.29, 1.82) is 0 Å². The molecule has 5 nitrogen and oxygen atoms in total. The molecule has 1 saturated heterocycles. The average molecular weight is 254 g/mol. The molecule has 0 aromatic heterocycles. The molecule has 0 bridgehead atoms. The maximum atomic E-state index is 11.9. The van der Waals surface area contributed by atoms with E-state index < -0.39 is 0 Å². The van der Waals surface area contributed by atoms with Gasteiger partial charge in [0.25, 0.3) is 0 Å². The highest BCUT2D eigenvalue weighted by atomic mass is 16.5. The van der Waals surface area contributed by atoms with E-state index in [0.717, 1.165) is 12.8 Å². The molecular weight excluding hydrogens is 232 g/mol. The van der Waals surface area contributed by atoms with Crippen LogP contribution < -0.4 is 5.32 Å². The van der Waals surface area contributed by atoms with Crippen LogP contribution in [-0.2, 0) is 14.3 Å². The second-order valence-electron chi connectivity index (χ2n) is 5.07. The van der Waals surface area contributed by atoms with Crippen LogP contribution in [0.1, 0.15) is 38.5 Å². The third-order valence-electron chi connectivity index (χ3n) is 3.65. The summed E-state index contributed by atoms with van der Waals surface area (Å²) in [4.78, 5) is 25.3. The number of hydrogen-bond acceptors (Lipinski definition) is 3. The van der Waals surface area contributed by atoms with Gasteiger partial charge < -0.3 is 15.0 Å². The number of hydrogen-bond donors (Lipinski definition) is 1. The lowest BCUT2D eigenvalue weighted by atomic mass is 9.95. The summed E-state index contributed by atoms with van der Waals surface area (Å²) in [6.45, 7) is 2.37. The Bertz CT molecular complexity index is 295. The van der Waals surface area contributed by atoms with Gasteiger partial charge in [0.05, 0.1) is 13.2 Å². The number of carbonyl (C=O) groups is 2. The number of amides is 2. The first-order valence-electron chi connectivity index (χ1n) is 6.90. The molecule has 18 heavy (non-hydrogen) atoms. The number of nitrogens with one attached hydrogen (secondary N) is 1. The van der Waals surface area contributed by atoms with Gasteiger partial charge in [-0.3, -0.25) is 9.59 Å². The van der Waals surface area contributed by atoms with Gasteiger partial charge in [0.2, 0.25) is 11.8 Å². The Balaban J connectivity index is 1.70. The molecule has 5 heteroatoms. The average Bonchev–Trinajstić information content (AvgIpc) is 2.40. The van der Waals surface area contributed by atoms with Crippen molar-refractivity contribution >= 4 is 11.8 Å². The maximum Gasteiger partial charge on any atom is 0.232 e. The van der Waals surface area contributed by atoms with Gasteiger partial charge in [0.1, 0.15) is 6.42 Å². The van der Waals surface area contributed by atoms with Gasteiger partial charge in [-0.2, -0.15) is 0 Å². The Kier molecular flexibility index (Phi) is 4.99. The van der Waals surface area contributed by atoms with Crippen LogP contribution in [0, 0.1) is 0 Å². The Morgan fingerprint density at radius 3 is 2.44 bits per heavy atom. The summed E-state index contributed by atoms with van der Waals surface area (Å²) in [5, 5.41) is 2.97. The summed E-state index contributed by atoms with van der Waals surface area (Å²) in [7, 11) is 0. The summed E-state index contributed by atoms with van der Waals surface area (Å²) in [5.74, 6) is -0.204. The summed E-state index contributed by atoms with van der Waals surface area (Å²) in [5.41, 5.74) is 0. The topological polar surface area (TPSA) is 58.6 Å². The van der Waals surface area contributed by atoms with E-state index >= 15 is 0 Å². The van der Waals surface area contributed by atoms with E-state index in [2.05, 4.69) is 5.32 Å². The van der Waals surface area contributed by atoms with E-state index in [-0.39, 0.29) is 24.3 Å². The van der Waals surface area contributed by atoms with Crippen molar-refractivity contribution in [3.8, 4) is 0 Å². The maximum absolute atomic E-state index is 11.9. The molecule has 0 radical (unpaired) electrons. The zero-order chi connectivity index (χ0) is 12.8. The van der Waals surface area contributed by atoms with Crippen LogP contribution in [0.2, 0.25) is 0 Å². The van der Waals surface area contributed by atoms with E-state index in [1.165, 1.54) is 19.3 Å². The van der Waals surface area contributed by atoms with Crippen LogP contribution >= 0.6 is 0 Å². The van der Waals surface area contributed by atoms with Crippen molar-refractivity contribution in [2.75, 3.05) is 26.3 Å². The van der Waals surface area contributed by atoms with Gasteiger partial charge in [-0.1, -0.05) is 19.3 Å². The van der Waals surface area contributed by atoms with E-state index in [1.807, 2.05) is 0 Å². The molecule has 2 rings (SSSR count). The largest absolute Gasteiger partial charge is 0.378 e. The molecule has 1 saturated carbocycles. The molecule has 1 N–H and O–H groups in total. The van der Waals surface area contributed by atoms with Crippen molar-refractivity contribution in [2.45, 2.75) is 44.6 Å². The minimum absolute atomic E-state index is 0.0174. The monoisotopic (exact) mass is 254 g/mol. The van der Waals surface area contributed by atoms with Gasteiger partial charge in [-0.05, 0) is 12.8 Å². The van der Waals surface area contributed by atoms with Crippen molar-refractivity contribution in [2.24, 2.45) is 0 Å². The normalized spacial score (nSPS) is 21.7. The Labute approximate surface area is 108 Å². The molecule has 1 aliphatic heterocycles. The predicted octanol–water partition coefficient (Wildman–Crippen LogP) is 0.684. The molecular formula is C13H22N2O3. The third-order valence-corrected chi connectivity index (χ3v) is 3.65. The zero-order valence-corrected chi connectivity index (χ0v) is 10.8. The molecule has 0 aromatic carbocycles. The molecule has 1 aliphatic carbocycles. The first-order valence-corrected chi connectivity index (χ1v) is 6.90. The van der Waals surface area contributed by atoms with E-state index in [9.17, 15) is 9.59 Å². The highest BCUT2D eigenvalue weighted by Crippen LogP contribution is 2.17. The second kappa shape index (κ2) is 6.73. The van der Waals surface area contributed by atoms with Gasteiger partial charge >= 0.3 is 0 Å². The number of ether oxygens (including phenoxy) is 1. The highest BCUT2D eigenvalue weighted by molar-refractivity contribution is 5.97. The van der Waals surface area contributed by atoms with Gasteiger partial charge in [-0.25, -0.2) is 0 Å². The van der Waals surface area contributed by atoms with Crippen molar-refractivity contribution < 1.29 is 14.3 Å². The minimum atomic E-state index is -0.126. The lowest BCUT2D eigenvalue weighted by Crippen LogP contribution is -2.44. The lowest BCUT2D eigenvalue weighted by Gasteiger charge is -2.27. The quantitative estimate of drug-likeness (QED) is 0.754. The fraction of sp³-hybridized carbons (Fsp3) is 0.846. The van der Waals surface area contributed by atoms with Crippen LogP contribution in [0.3, 0.4) is 0 Å². The van der Waals surface area contributed by atoms with E-state index in [4.69, 9.17) is 4.74 Å². The predicted molar refractivity (Wildman–Crippen MR) is 67.0 cm³/mol. The third kappa shape index (κ3) is 3.98. The summed E-state index contributed by atoms with van der Waals surface area (Å²) in [6, 6.07) is 0.281. The fourth-order valence-corrected chi connectivity index (χ4v) is 2.59. The van der Waals surface area contributed by atoms with Crippen LogP contribution in [0.4, 0.5) is 0 Å². The number of morpholine rings is 1. The summed E-state index contributed by atoms with van der Waals surface area (Å²) >= 11 is 0. The van der Waals surface area contributed by atoms with E-state index in [1.54, 1.807) is 4.90 Å². The first kappa shape index (κ1) is 13.3. The van der Waals surface area contributed by atoms with Crippen LogP contribution in [0.25, 0.3) is 0 Å². The number of rotatable bonds is 3. The summed E-state index contributed by atoms with van der Waals surface area (Å²) in [6.07, 6.45) is 5.72. The van der Waals surface area contributed by atoms with Crippen LogP contribution in [-0.4, -0.2) is 49.1 Å². The molecule has 0 spiro atoms. The number of nitrogens with zero attached hydrogens (tertiary/aromatic N) is 1. The van der Waals surface area contributed by atoms with Crippen LogP contribution in [0.15, 0.2) is 0 Å². The van der Waals surface area contributed by atoms with Crippen molar-refractivity contribution in [3.63, 3.8) is 0 Å². The second-order valence-corrected chi connectivity index (χ2v) is 5.07. The minimum Gasteiger partial charge on any atom is -0.378 e. The van der Waals surface area contributed by atoms with Gasteiger partial charge in [0, 0.05) is 19.1 Å². The van der Waals surface area contributed by atoms with Crippen molar-refractivity contribution in [3.05, 3.63) is 0 Å². The molecule has 102 valence electrons. The molecule has 0 atom stereocenters. The first-order chi connectivity index (χ1) is 8.75. The smallest absolute Gasteiger partial charge is 0.232 e. The molecule has 0 unspecified atom stereocenters. The number of carbonyl (C=O) groups excluding carboxylic acids is 2. The fourth-order valence-electron chi connectivity index (χ4n) is 2.59. The zero-order valence-electron chi connectivity index (χ0n) is 10.8. The molecule has 0 aromatic rings. The van der Waals surface area contributed by atoms with E-state index in [0.29, 0.717) is 26.3 Å². The van der Waals surface area contributed by atoms with Gasteiger partial charge in [0.15, 0.2) is 0 Å². The Hall–Kier alpha value is -1.10. The summed E-state index contributed by atoms with van der Waals surface area (Å²) < 4.78 is 5.18. The molecule has 2 aliphatic rings. The highest BCUT2D eigenvalue weighted by Gasteiger charge is 2.21. The van der Waals surface area contributed by atoms with Crippen molar-refractivity contribution in [1.82, 2.24) is 10.2 Å². The standard InChI is InChI=1S/C13H22N2O3/c16-12(14-11-4-2-1-3-5-11)10-13(17)15-6-8-18-9-7-15/h11H,1-10H2,(H,14,16). The Morgan fingerprint density at radius 1 is 1.11 bits per heavy atom. The SMILES string of the molecule is O=C(CC(=O)N1CCOCC1)NC1CCCCC1. The van der Waals surface area contributed by atoms with Gasteiger partial charge in [-0.15, -0.1) is 0 Å². The molecule has 1 heterocycles. The molecule has 2 fully saturated rings. The Morgan fingerprint density at radius 2 is 1.78 bits per heavy atom. The molecule has 2 amide bonds. The van der Waals surface area contributed by atoms with Crippen LogP contribution in [0.5, 0.6) is 0 Å². The lowest BCUT2D eigenvalue weighted by molar-refractivity contribution is -0.139.